The first kappa shape index (κ1) is 6.67. The fourth-order valence-corrected chi connectivity index (χ4v) is 2.56. The molecule has 12 heavy (non-hydrogen) atoms. The van der Waals surface area contributed by atoms with E-state index in [1.807, 2.05) is 0 Å². The number of nitrogens with one attached hydrogen (secondary N) is 1. The second-order valence-electron chi connectivity index (χ2n) is 4.05. The maximum Gasteiger partial charge on any atom is 0.0122 e. The van der Waals surface area contributed by atoms with Gasteiger partial charge in [0, 0.05) is 12.0 Å². The molecule has 0 spiro atoms. The highest BCUT2D eigenvalue weighted by atomic mass is 15.0. The van der Waals surface area contributed by atoms with Crippen LogP contribution in [0.25, 0.3) is 0 Å². The van der Waals surface area contributed by atoms with Gasteiger partial charge in [0.25, 0.3) is 0 Å². The van der Waals surface area contributed by atoms with Gasteiger partial charge < -0.3 is 5.32 Å². The van der Waals surface area contributed by atoms with Crippen molar-refractivity contribution in [1.82, 2.24) is 5.32 Å². The van der Waals surface area contributed by atoms with Gasteiger partial charge in [0.1, 0.15) is 0 Å². The van der Waals surface area contributed by atoms with Crippen LogP contribution in [0, 0.1) is 5.92 Å². The highest BCUT2D eigenvalue weighted by Crippen LogP contribution is 2.56. The zero-order valence-electron chi connectivity index (χ0n) is 7.09. The molecule has 1 aliphatic carbocycles. The molecule has 62 valence electrons. The van der Waals surface area contributed by atoms with Gasteiger partial charge in [-0.3, -0.25) is 0 Å². The van der Waals surface area contributed by atoms with Crippen LogP contribution < -0.4 is 5.32 Å². The summed E-state index contributed by atoms with van der Waals surface area (Å²) in [4.78, 5) is 0. The SMILES string of the molecule is c1ccc([C@@]23CNCC2C3)cc1. The summed E-state index contributed by atoms with van der Waals surface area (Å²) in [6, 6.07) is 10.9. The molecular weight excluding hydrogens is 146 g/mol. The van der Waals surface area contributed by atoms with Gasteiger partial charge in [-0.2, -0.15) is 0 Å². The fraction of sp³-hybridized carbons (Fsp3) is 0.455. The van der Waals surface area contributed by atoms with Crippen LogP contribution >= 0.6 is 0 Å². The topological polar surface area (TPSA) is 12.0 Å². The van der Waals surface area contributed by atoms with Gasteiger partial charge in [0.15, 0.2) is 0 Å². The molecule has 0 bridgehead atoms. The molecular formula is C11H13N. The van der Waals surface area contributed by atoms with Crippen molar-refractivity contribution in [2.45, 2.75) is 11.8 Å². The van der Waals surface area contributed by atoms with Gasteiger partial charge in [-0.05, 0) is 24.4 Å². The maximum atomic E-state index is 3.46. The third-order valence-electron chi connectivity index (χ3n) is 3.41. The van der Waals surface area contributed by atoms with E-state index in [1.54, 1.807) is 5.56 Å². The van der Waals surface area contributed by atoms with E-state index in [1.165, 1.54) is 19.5 Å². The smallest absolute Gasteiger partial charge is 0.0122 e. The Bertz CT molecular complexity index is 293. The van der Waals surface area contributed by atoms with Crippen molar-refractivity contribution in [3.05, 3.63) is 35.9 Å². The van der Waals surface area contributed by atoms with E-state index < -0.39 is 0 Å². The highest BCUT2D eigenvalue weighted by Gasteiger charge is 2.57. The second-order valence-corrected chi connectivity index (χ2v) is 4.05. The Balaban J connectivity index is 2.00. The lowest BCUT2D eigenvalue weighted by Gasteiger charge is -2.10. The lowest BCUT2D eigenvalue weighted by atomic mass is 9.95. The monoisotopic (exact) mass is 159 g/mol. The van der Waals surface area contributed by atoms with E-state index >= 15 is 0 Å². The Kier molecular flexibility index (Phi) is 1.17. The van der Waals surface area contributed by atoms with Gasteiger partial charge in [-0.15, -0.1) is 0 Å². The Labute approximate surface area is 72.8 Å². The number of rotatable bonds is 1. The number of hydrogen-bond donors (Lipinski definition) is 1. The summed E-state index contributed by atoms with van der Waals surface area (Å²) in [6.07, 6.45) is 1.41. The second kappa shape index (κ2) is 2.11. The van der Waals surface area contributed by atoms with Crippen molar-refractivity contribution in [1.29, 1.82) is 0 Å². The Morgan fingerprint density at radius 2 is 2.08 bits per heavy atom. The van der Waals surface area contributed by atoms with E-state index in [4.69, 9.17) is 0 Å². The summed E-state index contributed by atoms with van der Waals surface area (Å²) < 4.78 is 0. The minimum Gasteiger partial charge on any atom is -0.316 e. The molecule has 1 heteroatoms. The lowest BCUT2D eigenvalue weighted by Crippen LogP contribution is -2.18. The molecule has 1 saturated carbocycles. The summed E-state index contributed by atoms with van der Waals surface area (Å²) >= 11 is 0. The molecule has 1 aromatic carbocycles. The standard InChI is InChI=1S/C11H13N/c1-2-4-9(5-3-1)11-6-10(11)7-12-8-11/h1-5,10,12H,6-8H2/t10?,11-/m1/s1. The molecule has 3 rings (SSSR count). The van der Waals surface area contributed by atoms with E-state index in [0.717, 1.165) is 5.92 Å². The van der Waals surface area contributed by atoms with Crippen LogP contribution in [0.1, 0.15) is 12.0 Å². The van der Waals surface area contributed by atoms with E-state index in [-0.39, 0.29) is 0 Å². The van der Waals surface area contributed by atoms with E-state index in [0.29, 0.717) is 5.41 Å². The third kappa shape index (κ3) is 0.721. The number of fused-ring (bicyclic) bond motifs is 1. The highest BCUT2D eigenvalue weighted by molar-refractivity contribution is 5.36. The molecule has 0 amide bonds. The van der Waals surface area contributed by atoms with Crippen molar-refractivity contribution >= 4 is 0 Å². The van der Waals surface area contributed by atoms with Crippen LogP contribution in [-0.4, -0.2) is 13.1 Å². The molecule has 1 nitrogen and oxygen atoms in total. The van der Waals surface area contributed by atoms with Crippen molar-refractivity contribution in [2.24, 2.45) is 5.92 Å². The molecule has 2 fully saturated rings. The summed E-state index contributed by atoms with van der Waals surface area (Å²) in [5.41, 5.74) is 2.08. The van der Waals surface area contributed by atoms with Crippen LogP contribution in [-0.2, 0) is 5.41 Å². The summed E-state index contributed by atoms with van der Waals surface area (Å²) in [7, 11) is 0. The molecule has 1 saturated heterocycles. The van der Waals surface area contributed by atoms with Gasteiger partial charge in [-0.1, -0.05) is 30.3 Å². The Morgan fingerprint density at radius 1 is 1.25 bits per heavy atom. The quantitative estimate of drug-likeness (QED) is 0.655. The molecule has 2 aliphatic rings. The summed E-state index contributed by atoms with van der Waals surface area (Å²) in [5, 5.41) is 3.46. The van der Waals surface area contributed by atoms with Crippen LogP contribution in [0.3, 0.4) is 0 Å². The maximum absolute atomic E-state index is 3.46. The molecule has 2 atom stereocenters. The number of hydrogen-bond acceptors (Lipinski definition) is 1. The average molecular weight is 159 g/mol. The molecule has 0 aromatic heterocycles. The average Bonchev–Trinajstić information content (AvgIpc) is 2.72. The normalized spacial score (nSPS) is 37.8. The first-order chi connectivity index (χ1) is 5.92. The summed E-state index contributed by atoms with van der Waals surface area (Å²) in [6.45, 7) is 2.43. The number of benzene rings is 1. The van der Waals surface area contributed by atoms with Crippen molar-refractivity contribution in [3.63, 3.8) is 0 Å². The minimum atomic E-state index is 0.543. The third-order valence-corrected chi connectivity index (χ3v) is 3.41. The van der Waals surface area contributed by atoms with Crippen molar-refractivity contribution in [2.75, 3.05) is 13.1 Å². The molecule has 1 aromatic rings. The zero-order valence-corrected chi connectivity index (χ0v) is 7.09. The van der Waals surface area contributed by atoms with Crippen LogP contribution in [0.5, 0.6) is 0 Å². The van der Waals surface area contributed by atoms with Gasteiger partial charge in [0.2, 0.25) is 0 Å². The van der Waals surface area contributed by atoms with Gasteiger partial charge >= 0.3 is 0 Å². The first-order valence-corrected chi connectivity index (χ1v) is 4.68. The fourth-order valence-electron chi connectivity index (χ4n) is 2.56. The Morgan fingerprint density at radius 3 is 2.67 bits per heavy atom. The number of piperidine rings is 1. The molecule has 1 N–H and O–H groups in total. The molecule has 1 heterocycles. The van der Waals surface area contributed by atoms with Crippen LogP contribution in [0.4, 0.5) is 0 Å². The van der Waals surface area contributed by atoms with E-state index in [2.05, 4.69) is 35.6 Å². The predicted molar refractivity (Wildman–Crippen MR) is 49.1 cm³/mol. The Hall–Kier alpha value is -0.820. The van der Waals surface area contributed by atoms with Gasteiger partial charge in [-0.25, -0.2) is 0 Å². The molecule has 1 unspecified atom stereocenters. The first-order valence-electron chi connectivity index (χ1n) is 4.68. The zero-order chi connectivity index (χ0) is 8.02. The predicted octanol–water partition coefficient (Wildman–Crippen LogP) is 1.55. The van der Waals surface area contributed by atoms with Gasteiger partial charge in [0.05, 0.1) is 0 Å². The summed E-state index contributed by atoms with van der Waals surface area (Å²) in [5.74, 6) is 0.930. The lowest BCUT2D eigenvalue weighted by molar-refractivity contribution is 0.675. The minimum absolute atomic E-state index is 0.543. The van der Waals surface area contributed by atoms with Crippen LogP contribution in [0.2, 0.25) is 0 Å². The van der Waals surface area contributed by atoms with Crippen LogP contribution in [0.15, 0.2) is 30.3 Å². The molecule has 1 aliphatic heterocycles. The largest absolute Gasteiger partial charge is 0.316 e. The van der Waals surface area contributed by atoms with E-state index in [9.17, 15) is 0 Å². The van der Waals surface area contributed by atoms with Crippen molar-refractivity contribution in [3.8, 4) is 0 Å². The molecule has 0 radical (unpaired) electrons. The van der Waals surface area contributed by atoms with Crippen molar-refractivity contribution < 1.29 is 0 Å².